The van der Waals surface area contributed by atoms with Gasteiger partial charge in [-0.15, -0.1) is 0 Å². The van der Waals surface area contributed by atoms with Gasteiger partial charge in [0.2, 0.25) is 0 Å². The molecule has 16 rings (SSSR count). The first-order valence-electron chi connectivity index (χ1n) is 31.1. The number of nitrogens with one attached hydrogen (secondary N) is 10. The van der Waals surface area contributed by atoms with Gasteiger partial charge in [0, 0.05) is 102 Å². The average Bonchev–Trinajstić information content (AvgIpc) is 1.56. The van der Waals surface area contributed by atoms with Crippen molar-refractivity contribution in [1.29, 1.82) is 0 Å². The molecule has 2 atom stereocenters. The third-order valence-electron chi connectivity index (χ3n) is 16.5. The Morgan fingerprint density at radius 1 is 0.474 bits per heavy atom. The fraction of sp³-hybridized carbons (Fsp3) is 0.312. The van der Waals surface area contributed by atoms with E-state index in [1.807, 2.05) is 36.4 Å². The molecule has 3 aliphatic heterocycles. The summed E-state index contributed by atoms with van der Waals surface area (Å²) >= 11 is 0. The highest BCUT2D eigenvalue weighted by molar-refractivity contribution is 5.93. The van der Waals surface area contributed by atoms with Gasteiger partial charge in [-0.3, -0.25) is 20.4 Å². The molecule has 2 unspecified atom stereocenters. The molecule has 0 aromatic carbocycles. The predicted molar refractivity (Wildman–Crippen MR) is 353 cm³/mol. The van der Waals surface area contributed by atoms with E-state index in [0.29, 0.717) is 81.2 Å². The van der Waals surface area contributed by atoms with Crippen molar-refractivity contribution in [1.82, 2.24) is 96.2 Å². The van der Waals surface area contributed by atoms with Crippen LogP contribution in [0.25, 0.3) is 89.7 Å². The van der Waals surface area contributed by atoms with Crippen LogP contribution in [0.2, 0.25) is 0 Å². The van der Waals surface area contributed by atoms with Gasteiger partial charge >= 0.3 is 12.4 Å². The molecule has 0 spiro atoms. The number of rotatable bonds is 14. The van der Waals surface area contributed by atoms with Gasteiger partial charge in [0.1, 0.15) is 40.4 Å². The van der Waals surface area contributed by atoms with Crippen molar-refractivity contribution < 1.29 is 35.0 Å². The first kappa shape index (κ1) is 63.4. The van der Waals surface area contributed by atoms with Gasteiger partial charge in [0.25, 0.3) is 0 Å². The van der Waals surface area contributed by atoms with Gasteiger partial charge in [-0.2, -0.15) is 46.7 Å². The Kier molecular flexibility index (Phi) is 18.7. The Labute approximate surface area is 541 Å². The maximum absolute atomic E-state index is 14.1. The Morgan fingerprint density at radius 3 is 1.41 bits per heavy atom. The molecular weight excluding hydrogens is 1240 g/mol. The number of pyridine rings is 8. The maximum Gasteiger partial charge on any atom is 0.418 e. The molecule has 3 saturated heterocycles. The lowest BCUT2D eigenvalue weighted by Crippen LogP contribution is -2.51. The zero-order chi connectivity index (χ0) is 65.5. The smallest absolute Gasteiger partial charge is 0.369 e. The van der Waals surface area contributed by atoms with Crippen LogP contribution in [-0.4, -0.2) is 162 Å². The highest BCUT2D eigenvalue weighted by Crippen LogP contribution is 2.40. The number of H-pyrrole nitrogens is 4. The van der Waals surface area contributed by atoms with Crippen LogP contribution < -0.4 is 37.6 Å². The first-order valence-corrected chi connectivity index (χ1v) is 31.1. The summed E-state index contributed by atoms with van der Waals surface area (Å²) in [6.45, 7) is 6.92. The van der Waals surface area contributed by atoms with Crippen molar-refractivity contribution in [3.8, 4) is 45.6 Å². The lowest BCUT2D eigenvalue weighted by molar-refractivity contribution is -0.138. The van der Waals surface area contributed by atoms with Crippen molar-refractivity contribution in [3.63, 3.8) is 0 Å². The summed E-state index contributed by atoms with van der Waals surface area (Å²) in [4.78, 5) is 36.4. The maximum atomic E-state index is 14.1. The van der Waals surface area contributed by atoms with Crippen LogP contribution in [0.15, 0.2) is 128 Å². The number of nitrogens with two attached hydrogens (primary N) is 1. The number of hydrogen-bond donors (Lipinski definition) is 11. The lowest BCUT2D eigenvalue weighted by Gasteiger charge is -2.28. The fourth-order valence-electron chi connectivity index (χ4n) is 11.5. The van der Waals surface area contributed by atoms with E-state index in [1.54, 1.807) is 55.0 Å². The molecule has 1 aliphatic carbocycles. The summed E-state index contributed by atoms with van der Waals surface area (Å²) < 4.78 is 94.8. The number of fused-ring (bicyclic) bond motifs is 4. The largest absolute Gasteiger partial charge is 0.418 e. The third-order valence-corrected chi connectivity index (χ3v) is 16.5. The molecular formula is C64H71F7N24. The molecule has 4 aliphatic rings. The third kappa shape index (κ3) is 14.9. The van der Waals surface area contributed by atoms with Crippen molar-refractivity contribution in [2.24, 2.45) is 5.73 Å². The predicted octanol–water partition coefficient (Wildman–Crippen LogP) is 11.0. The average molecular weight is 1310 g/mol. The molecule has 12 aromatic heterocycles. The van der Waals surface area contributed by atoms with Crippen LogP contribution in [0.4, 0.5) is 54.0 Å². The highest BCUT2D eigenvalue weighted by Gasteiger charge is 2.37. The van der Waals surface area contributed by atoms with Crippen LogP contribution in [0.5, 0.6) is 0 Å². The Bertz CT molecular complexity index is 4590. The summed E-state index contributed by atoms with van der Waals surface area (Å²) in [7, 11) is 0. The minimum atomic E-state index is -4.52. The molecule has 496 valence electrons. The Hall–Kier alpha value is -10.4. The number of anilines is 4. The number of aromatic amines is 4. The van der Waals surface area contributed by atoms with Gasteiger partial charge < -0.3 is 42.5 Å². The molecule has 1 saturated carbocycles. The van der Waals surface area contributed by atoms with Crippen LogP contribution >= 0.6 is 0 Å². The normalized spacial score (nSPS) is 16.8. The van der Waals surface area contributed by atoms with Crippen LogP contribution in [-0.2, 0) is 12.4 Å². The summed E-state index contributed by atoms with van der Waals surface area (Å²) in [6.07, 6.45) is 4.28. The topological polar surface area (TPSA) is 319 Å². The van der Waals surface area contributed by atoms with Gasteiger partial charge in [-0.1, -0.05) is 6.07 Å². The van der Waals surface area contributed by atoms with Crippen LogP contribution in [0, 0.1) is 5.82 Å². The van der Waals surface area contributed by atoms with Crippen molar-refractivity contribution in [2.75, 3.05) is 73.6 Å². The highest BCUT2D eigenvalue weighted by atomic mass is 19.4. The fourth-order valence-corrected chi connectivity index (χ4v) is 11.5. The van der Waals surface area contributed by atoms with Crippen LogP contribution in [0.1, 0.15) is 53.9 Å². The number of nitrogens with zero attached hydrogens (tertiary/aromatic N) is 13. The minimum Gasteiger partial charge on any atom is -0.369 e. The molecule has 95 heavy (non-hydrogen) atoms. The Morgan fingerprint density at radius 2 is 0.916 bits per heavy atom. The van der Waals surface area contributed by atoms with Crippen molar-refractivity contribution >= 4 is 67.4 Å². The second-order valence-corrected chi connectivity index (χ2v) is 23.3. The summed E-state index contributed by atoms with van der Waals surface area (Å²) in [5, 5.41) is 49.5. The second-order valence-electron chi connectivity index (χ2n) is 23.3. The molecule has 0 amide bonds. The van der Waals surface area contributed by atoms with Crippen molar-refractivity contribution in [3.05, 3.63) is 145 Å². The number of aromatic nitrogens is 16. The summed E-state index contributed by atoms with van der Waals surface area (Å²) in [5.74, 6) is 1.96. The van der Waals surface area contributed by atoms with E-state index in [0.717, 1.165) is 105 Å². The van der Waals surface area contributed by atoms with E-state index >= 15 is 0 Å². The molecule has 31 heteroatoms. The molecule has 0 bridgehead atoms. The van der Waals surface area contributed by atoms with E-state index < -0.39 is 23.5 Å². The number of halogens is 7. The quantitative estimate of drug-likeness (QED) is 0.0451. The number of likely N-dealkylation sites (tertiary alicyclic amines) is 1. The van der Waals surface area contributed by atoms with E-state index in [4.69, 9.17) is 10.7 Å². The zero-order valence-electron chi connectivity index (χ0n) is 50.9. The molecule has 12 aromatic rings. The van der Waals surface area contributed by atoms with E-state index in [2.05, 4.69) is 112 Å². The van der Waals surface area contributed by atoms with E-state index in [1.165, 1.54) is 43.7 Å². The molecule has 15 heterocycles. The summed E-state index contributed by atoms with van der Waals surface area (Å²) in [6, 6.07) is 29.3. The van der Waals surface area contributed by atoms with Gasteiger partial charge in [0.05, 0.1) is 51.7 Å². The number of alkyl halides is 6. The number of hydrogen-bond acceptors (Lipinski definition) is 20. The van der Waals surface area contributed by atoms with E-state index in [-0.39, 0.29) is 44.6 Å². The molecule has 12 N–H and O–H groups in total. The molecule has 0 radical (unpaired) electrons. The Balaban J connectivity index is 0.000000141. The zero-order valence-corrected chi connectivity index (χ0v) is 50.9. The standard InChI is InChI=1S/C18H19F3N6.C17H20N6.C15H13F3N6.C14H13FN6.3H2/c19-18(20,21)13-5-6-14(22-8-11-27-9-1-2-10-27)24-16(13)15-12-4-3-7-23-17(12)26-25-15;18-11-4-1-5-12(10-11)20-15-8-2-7-14(21-15)16-13-6-3-9-19-17(13)23-22-16;16-15(17,18)10-3-4-11(21-8-6-19-7-8)22-13(10)12-9-2-1-5-20-14(9)24-23-12;15-10-3-4-11(18-8-6-16-7-8)19-13(10)12-9-2-1-5-17-14(9)21-20-12;;;/h3-7H,1-2,8-11H2,(H,22,24)(H,23,25,26);2-3,6-9,11-12H,1,4-5,10,18H2,(H,20,21)(H,19,22,23);1-5,8,19H,6-7H2,(H,21,22)(H,20,23,24);1-5,8,16H,6-7H2,(H,18,19)(H,17,20,21);3*1H. The van der Waals surface area contributed by atoms with Crippen molar-refractivity contribution in [2.45, 2.75) is 75.0 Å². The SMILES string of the molecule is FC(F)(F)c1ccc(NC2CNC2)nc1-c1[nH]nc2ncccc12.FC(F)(F)c1ccc(NCCN2CCCC2)nc1-c1[nH]nc2ncccc12.Fc1ccc(NC2CNC2)nc1-c1[nH]nc2ncccc12.NC1CCCC(Nc2cccc(-c3[nH]nc4ncccc34)n2)C1.[HH].[HH].[HH]. The lowest BCUT2D eigenvalue weighted by atomic mass is 9.92. The minimum absolute atomic E-state index is 0. The first-order chi connectivity index (χ1) is 46.1. The van der Waals surface area contributed by atoms with Gasteiger partial charge in [-0.25, -0.2) is 44.3 Å². The van der Waals surface area contributed by atoms with Gasteiger partial charge in [-0.05, 0) is 149 Å². The van der Waals surface area contributed by atoms with Gasteiger partial charge in [0.15, 0.2) is 28.4 Å². The molecule has 24 nitrogen and oxygen atoms in total. The monoisotopic (exact) mass is 1310 g/mol. The van der Waals surface area contributed by atoms with E-state index in [9.17, 15) is 30.7 Å². The summed E-state index contributed by atoms with van der Waals surface area (Å²) in [5.41, 5.74) is 9.05. The van der Waals surface area contributed by atoms with Crippen LogP contribution in [0.3, 0.4) is 0 Å². The molecule has 4 fully saturated rings. The second kappa shape index (κ2) is 28.1.